The summed E-state index contributed by atoms with van der Waals surface area (Å²) in [6.45, 7) is 11.2. The van der Waals surface area contributed by atoms with Gasteiger partial charge in [0.15, 0.2) is 6.10 Å². The van der Waals surface area contributed by atoms with Crippen molar-refractivity contribution in [1.82, 2.24) is 0 Å². The van der Waals surface area contributed by atoms with Crippen LogP contribution in [0.15, 0.2) is 0 Å². The molecule has 0 aliphatic heterocycles. The molecule has 0 aromatic rings. The Labute approximate surface area is 291 Å². The Kier molecular flexibility index (Phi) is 33.1. The molecular formula is C41H78O6. The molecule has 0 aromatic heterocycles. The topological polar surface area (TPSA) is 78.9 Å². The molecule has 0 saturated carbocycles. The van der Waals surface area contributed by atoms with Crippen molar-refractivity contribution in [3.05, 3.63) is 0 Å². The average Bonchev–Trinajstić information content (AvgIpc) is 3.03. The third-order valence-corrected chi connectivity index (χ3v) is 8.97. The molecule has 6 nitrogen and oxygen atoms in total. The van der Waals surface area contributed by atoms with Crippen molar-refractivity contribution in [2.75, 3.05) is 13.2 Å². The van der Waals surface area contributed by atoms with Gasteiger partial charge in [0.2, 0.25) is 0 Å². The molecule has 0 unspecified atom stereocenters. The molecule has 0 bridgehead atoms. The maximum Gasteiger partial charge on any atom is 0.306 e. The van der Waals surface area contributed by atoms with Crippen LogP contribution in [0.2, 0.25) is 0 Å². The third-order valence-electron chi connectivity index (χ3n) is 8.97. The van der Waals surface area contributed by atoms with E-state index in [0.717, 1.165) is 76.0 Å². The Morgan fingerprint density at radius 3 is 1.04 bits per heavy atom. The molecule has 0 heterocycles. The second-order valence-electron chi connectivity index (χ2n) is 14.9. The van der Waals surface area contributed by atoms with Crippen molar-refractivity contribution in [2.45, 2.75) is 221 Å². The molecule has 0 saturated heterocycles. The Hall–Kier alpha value is -1.59. The van der Waals surface area contributed by atoms with Gasteiger partial charge in [-0.25, -0.2) is 0 Å². The molecule has 0 fully saturated rings. The summed E-state index contributed by atoms with van der Waals surface area (Å²) in [7, 11) is 0. The highest BCUT2D eigenvalue weighted by Gasteiger charge is 2.19. The normalized spacial score (nSPS) is 12.1. The van der Waals surface area contributed by atoms with E-state index < -0.39 is 6.10 Å². The highest BCUT2D eigenvalue weighted by Crippen LogP contribution is 2.16. The van der Waals surface area contributed by atoms with E-state index in [2.05, 4.69) is 34.6 Å². The zero-order valence-electron chi connectivity index (χ0n) is 31.9. The Morgan fingerprint density at radius 1 is 0.404 bits per heavy atom. The first kappa shape index (κ1) is 45.4. The summed E-state index contributed by atoms with van der Waals surface area (Å²) < 4.78 is 16.5. The number of ether oxygens (including phenoxy) is 3. The van der Waals surface area contributed by atoms with Crippen LogP contribution in [0.5, 0.6) is 0 Å². The van der Waals surface area contributed by atoms with E-state index in [0.29, 0.717) is 19.3 Å². The van der Waals surface area contributed by atoms with Crippen LogP contribution < -0.4 is 0 Å². The highest BCUT2D eigenvalue weighted by atomic mass is 16.6. The molecule has 0 amide bonds. The van der Waals surface area contributed by atoms with Crippen LogP contribution in [0.3, 0.4) is 0 Å². The quantitative estimate of drug-likeness (QED) is 0.0380. The summed E-state index contributed by atoms with van der Waals surface area (Å²) in [5, 5.41) is 0. The summed E-state index contributed by atoms with van der Waals surface area (Å²) in [6.07, 6.45) is 29.8. The first-order chi connectivity index (χ1) is 22.7. The number of rotatable bonds is 35. The molecular weight excluding hydrogens is 588 g/mol. The zero-order chi connectivity index (χ0) is 34.8. The molecule has 1 atom stereocenters. The number of carbonyl (C=O) groups is 3. The van der Waals surface area contributed by atoms with Crippen LogP contribution >= 0.6 is 0 Å². The van der Waals surface area contributed by atoms with Gasteiger partial charge in [0.25, 0.3) is 0 Å². The fourth-order valence-corrected chi connectivity index (χ4v) is 5.87. The molecule has 0 rings (SSSR count). The molecule has 0 N–H and O–H groups in total. The number of esters is 3. The van der Waals surface area contributed by atoms with Gasteiger partial charge in [0.05, 0.1) is 0 Å². The van der Waals surface area contributed by atoms with Gasteiger partial charge < -0.3 is 14.2 Å². The van der Waals surface area contributed by atoms with Crippen molar-refractivity contribution in [3.8, 4) is 0 Å². The standard InChI is InChI=1S/C41H78O6/c1-6-7-8-19-28-33-41(44)47-38(35-46-40(43)32-27-23-18-14-16-21-25-30-37(4)5)34-45-39(42)31-26-22-17-13-11-9-10-12-15-20-24-29-36(2)3/h36-38H,6-35H2,1-5H3/t38-/m1/s1. The fourth-order valence-electron chi connectivity index (χ4n) is 5.87. The Morgan fingerprint density at radius 2 is 0.702 bits per heavy atom. The molecule has 0 radical (unpaired) electrons. The lowest BCUT2D eigenvalue weighted by Gasteiger charge is -2.18. The summed E-state index contributed by atoms with van der Waals surface area (Å²) >= 11 is 0. The molecule has 6 heteroatoms. The van der Waals surface area contributed by atoms with Gasteiger partial charge in [-0.05, 0) is 31.1 Å². The minimum absolute atomic E-state index is 0.0675. The third kappa shape index (κ3) is 35.5. The summed E-state index contributed by atoms with van der Waals surface area (Å²) in [5.41, 5.74) is 0. The van der Waals surface area contributed by atoms with Gasteiger partial charge in [0, 0.05) is 19.3 Å². The summed E-state index contributed by atoms with van der Waals surface area (Å²) in [4.78, 5) is 37.2. The van der Waals surface area contributed by atoms with E-state index in [9.17, 15) is 14.4 Å². The van der Waals surface area contributed by atoms with Gasteiger partial charge in [-0.2, -0.15) is 0 Å². The van der Waals surface area contributed by atoms with Crippen molar-refractivity contribution >= 4 is 17.9 Å². The van der Waals surface area contributed by atoms with Crippen LogP contribution in [-0.2, 0) is 28.6 Å². The SMILES string of the molecule is CCCCCCCC(=O)O[C@H](COC(=O)CCCCCCCCCCCCCC(C)C)COC(=O)CCCCCCCCCC(C)C. The van der Waals surface area contributed by atoms with Gasteiger partial charge >= 0.3 is 17.9 Å². The first-order valence-electron chi connectivity index (χ1n) is 20.2. The Balaban J connectivity index is 4.19. The lowest BCUT2D eigenvalue weighted by molar-refractivity contribution is -0.167. The molecule has 47 heavy (non-hydrogen) atoms. The second kappa shape index (κ2) is 34.3. The van der Waals surface area contributed by atoms with Crippen LogP contribution in [0.25, 0.3) is 0 Å². The van der Waals surface area contributed by atoms with Crippen LogP contribution in [-0.4, -0.2) is 37.2 Å². The minimum atomic E-state index is -0.757. The minimum Gasteiger partial charge on any atom is -0.462 e. The maximum absolute atomic E-state index is 12.5. The molecule has 278 valence electrons. The van der Waals surface area contributed by atoms with Crippen LogP contribution in [0.1, 0.15) is 214 Å². The number of hydrogen-bond donors (Lipinski definition) is 0. The predicted molar refractivity (Wildman–Crippen MR) is 196 cm³/mol. The summed E-state index contributed by atoms with van der Waals surface area (Å²) in [6, 6.07) is 0. The smallest absolute Gasteiger partial charge is 0.306 e. The van der Waals surface area contributed by atoms with Gasteiger partial charge in [0.1, 0.15) is 13.2 Å². The number of carbonyl (C=O) groups excluding carboxylic acids is 3. The van der Waals surface area contributed by atoms with E-state index in [-0.39, 0.29) is 31.1 Å². The number of unbranched alkanes of at least 4 members (excludes halogenated alkanes) is 20. The maximum atomic E-state index is 12.5. The molecule has 0 aromatic carbocycles. The largest absolute Gasteiger partial charge is 0.462 e. The van der Waals surface area contributed by atoms with Gasteiger partial charge in [-0.15, -0.1) is 0 Å². The zero-order valence-corrected chi connectivity index (χ0v) is 31.9. The predicted octanol–water partition coefficient (Wildman–Crippen LogP) is 12.2. The average molecular weight is 667 g/mol. The van der Waals surface area contributed by atoms with Crippen molar-refractivity contribution in [1.29, 1.82) is 0 Å². The lowest BCUT2D eigenvalue weighted by atomic mass is 10.0. The van der Waals surface area contributed by atoms with E-state index >= 15 is 0 Å². The monoisotopic (exact) mass is 667 g/mol. The highest BCUT2D eigenvalue weighted by molar-refractivity contribution is 5.71. The molecule has 0 aliphatic carbocycles. The number of hydrogen-bond acceptors (Lipinski definition) is 6. The molecule has 0 aliphatic rings. The fraction of sp³-hybridized carbons (Fsp3) is 0.927. The summed E-state index contributed by atoms with van der Waals surface area (Å²) in [5.74, 6) is 0.727. The Bertz CT molecular complexity index is 719. The van der Waals surface area contributed by atoms with Crippen molar-refractivity contribution < 1.29 is 28.6 Å². The van der Waals surface area contributed by atoms with E-state index in [4.69, 9.17) is 14.2 Å². The van der Waals surface area contributed by atoms with Crippen molar-refractivity contribution in [3.63, 3.8) is 0 Å². The lowest BCUT2D eigenvalue weighted by Crippen LogP contribution is -2.30. The van der Waals surface area contributed by atoms with Crippen LogP contribution in [0, 0.1) is 11.8 Å². The van der Waals surface area contributed by atoms with Gasteiger partial charge in [-0.1, -0.05) is 176 Å². The van der Waals surface area contributed by atoms with Crippen LogP contribution in [0.4, 0.5) is 0 Å². The first-order valence-corrected chi connectivity index (χ1v) is 20.2. The van der Waals surface area contributed by atoms with Crippen molar-refractivity contribution in [2.24, 2.45) is 11.8 Å². The van der Waals surface area contributed by atoms with E-state index in [1.807, 2.05) is 0 Å². The van der Waals surface area contributed by atoms with E-state index in [1.54, 1.807) is 0 Å². The van der Waals surface area contributed by atoms with E-state index in [1.165, 1.54) is 96.3 Å². The second-order valence-corrected chi connectivity index (χ2v) is 14.9. The van der Waals surface area contributed by atoms with Gasteiger partial charge in [-0.3, -0.25) is 14.4 Å². The molecule has 0 spiro atoms.